The van der Waals surface area contributed by atoms with Crippen LogP contribution in [0.2, 0.25) is 5.02 Å². The zero-order valence-electron chi connectivity index (χ0n) is 14.3. The second-order valence-corrected chi connectivity index (χ2v) is 8.10. The number of nitrogens with one attached hydrogen (secondary N) is 1. The fourth-order valence-electron chi connectivity index (χ4n) is 2.49. The van der Waals surface area contributed by atoms with E-state index in [1.807, 2.05) is 0 Å². The van der Waals surface area contributed by atoms with E-state index < -0.39 is 26.8 Å². The van der Waals surface area contributed by atoms with Crippen LogP contribution in [0.15, 0.2) is 47.4 Å². The SMILES string of the molecule is Cc1cc([N+](=O)[O-])ccc1S(=O)(=O)NCC(Cc1ccc(Cl)cc1)C(=O)O. The highest BCUT2D eigenvalue weighted by molar-refractivity contribution is 7.89. The second kappa shape index (κ2) is 8.47. The molecule has 0 fully saturated rings. The molecule has 0 bridgehead atoms. The van der Waals surface area contributed by atoms with Gasteiger partial charge in [-0.25, -0.2) is 13.1 Å². The number of sulfonamides is 1. The van der Waals surface area contributed by atoms with Crippen molar-refractivity contribution in [3.63, 3.8) is 0 Å². The maximum atomic E-state index is 12.5. The molecule has 1 unspecified atom stereocenters. The third kappa shape index (κ3) is 5.49. The normalized spacial score (nSPS) is 12.5. The first kappa shape index (κ1) is 20.8. The quantitative estimate of drug-likeness (QED) is 0.507. The van der Waals surface area contributed by atoms with Crippen LogP contribution < -0.4 is 4.72 Å². The zero-order chi connectivity index (χ0) is 20.2. The molecular formula is C17H17ClN2O6S. The van der Waals surface area contributed by atoms with Crippen molar-refractivity contribution in [2.24, 2.45) is 5.92 Å². The van der Waals surface area contributed by atoms with Crippen LogP contribution in [0.25, 0.3) is 0 Å². The Morgan fingerprint density at radius 3 is 2.41 bits per heavy atom. The van der Waals surface area contributed by atoms with Crippen molar-refractivity contribution >= 4 is 33.3 Å². The number of hydrogen-bond acceptors (Lipinski definition) is 5. The van der Waals surface area contributed by atoms with Crippen LogP contribution in [0.1, 0.15) is 11.1 Å². The molecule has 0 aliphatic rings. The number of carboxylic acid groups (broad SMARTS) is 1. The van der Waals surface area contributed by atoms with Gasteiger partial charge in [-0.1, -0.05) is 23.7 Å². The average Bonchev–Trinajstić information content (AvgIpc) is 2.59. The summed E-state index contributed by atoms with van der Waals surface area (Å²) < 4.78 is 27.2. The van der Waals surface area contributed by atoms with E-state index >= 15 is 0 Å². The van der Waals surface area contributed by atoms with E-state index in [0.717, 1.165) is 18.2 Å². The highest BCUT2D eigenvalue weighted by Crippen LogP contribution is 2.21. The highest BCUT2D eigenvalue weighted by Gasteiger charge is 2.24. The number of benzene rings is 2. The molecule has 10 heteroatoms. The monoisotopic (exact) mass is 412 g/mol. The van der Waals surface area contributed by atoms with Gasteiger partial charge >= 0.3 is 5.97 Å². The third-order valence-corrected chi connectivity index (χ3v) is 5.76. The first-order valence-electron chi connectivity index (χ1n) is 7.82. The van der Waals surface area contributed by atoms with Crippen LogP contribution in [0.5, 0.6) is 0 Å². The van der Waals surface area contributed by atoms with Gasteiger partial charge in [0.2, 0.25) is 10.0 Å². The minimum absolute atomic E-state index is 0.119. The van der Waals surface area contributed by atoms with E-state index in [0.29, 0.717) is 10.6 Å². The molecule has 0 radical (unpaired) electrons. The van der Waals surface area contributed by atoms with Gasteiger partial charge in [0.15, 0.2) is 0 Å². The van der Waals surface area contributed by atoms with Crippen molar-refractivity contribution in [2.45, 2.75) is 18.2 Å². The predicted octanol–water partition coefficient (Wildman–Crippen LogP) is 2.78. The summed E-state index contributed by atoms with van der Waals surface area (Å²) in [6, 6.07) is 9.96. The summed E-state index contributed by atoms with van der Waals surface area (Å²) in [5.74, 6) is -2.13. The van der Waals surface area contributed by atoms with Gasteiger partial charge in [0.25, 0.3) is 5.69 Å². The molecule has 2 aromatic rings. The Balaban J connectivity index is 2.14. The average molecular weight is 413 g/mol. The smallest absolute Gasteiger partial charge is 0.308 e. The lowest BCUT2D eigenvalue weighted by Gasteiger charge is -2.15. The number of carbonyl (C=O) groups is 1. The van der Waals surface area contributed by atoms with Gasteiger partial charge in [-0.3, -0.25) is 14.9 Å². The van der Waals surface area contributed by atoms with E-state index in [2.05, 4.69) is 4.72 Å². The van der Waals surface area contributed by atoms with Crippen LogP contribution in [-0.4, -0.2) is 31.0 Å². The molecule has 1 atom stereocenters. The second-order valence-electron chi connectivity index (χ2n) is 5.92. The number of halogens is 1. The minimum Gasteiger partial charge on any atom is -0.481 e. The predicted molar refractivity (Wildman–Crippen MR) is 99.3 cm³/mol. The number of carboxylic acids is 1. The summed E-state index contributed by atoms with van der Waals surface area (Å²) in [4.78, 5) is 21.5. The number of nitro benzene ring substituents is 1. The first-order valence-corrected chi connectivity index (χ1v) is 9.68. The summed E-state index contributed by atoms with van der Waals surface area (Å²) in [6.45, 7) is 1.11. The zero-order valence-corrected chi connectivity index (χ0v) is 15.8. The molecule has 2 aromatic carbocycles. The largest absolute Gasteiger partial charge is 0.481 e. The van der Waals surface area contributed by atoms with Crippen LogP contribution in [-0.2, 0) is 21.2 Å². The number of nitrogens with zero attached hydrogens (tertiary/aromatic N) is 1. The van der Waals surface area contributed by atoms with Gasteiger partial charge in [0.1, 0.15) is 0 Å². The Kier molecular flexibility index (Phi) is 6.53. The summed E-state index contributed by atoms with van der Waals surface area (Å²) in [6.07, 6.45) is 0.119. The molecule has 0 aliphatic heterocycles. The lowest BCUT2D eigenvalue weighted by Crippen LogP contribution is -2.34. The maximum Gasteiger partial charge on any atom is 0.308 e. The molecule has 0 saturated heterocycles. The van der Waals surface area contributed by atoms with Crippen molar-refractivity contribution in [1.82, 2.24) is 4.72 Å². The van der Waals surface area contributed by atoms with Gasteiger partial charge in [-0.2, -0.15) is 0 Å². The van der Waals surface area contributed by atoms with Gasteiger partial charge in [-0.05, 0) is 42.7 Å². The molecule has 8 nitrogen and oxygen atoms in total. The van der Waals surface area contributed by atoms with Gasteiger partial charge in [-0.15, -0.1) is 0 Å². The molecular weight excluding hydrogens is 396 g/mol. The Bertz CT molecular complexity index is 960. The highest BCUT2D eigenvalue weighted by atomic mass is 35.5. The molecule has 0 amide bonds. The van der Waals surface area contributed by atoms with E-state index in [9.17, 15) is 28.4 Å². The number of hydrogen-bond donors (Lipinski definition) is 2. The van der Waals surface area contributed by atoms with E-state index in [1.165, 1.54) is 6.92 Å². The molecule has 0 spiro atoms. The Hall–Kier alpha value is -2.49. The fourth-order valence-corrected chi connectivity index (χ4v) is 3.92. The van der Waals surface area contributed by atoms with E-state index in [1.54, 1.807) is 24.3 Å². The maximum absolute atomic E-state index is 12.5. The summed E-state index contributed by atoms with van der Waals surface area (Å²) in [5.41, 5.74) is 0.677. The molecule has 2 N–H and O–H groups in total. The Labute approximate surface area is 161 Å². The van der Waals surface area contributed by atoms with E-state index in [-0.39, 0.29) is 29.1 Å². The van der Waals surface area contributed by atoms with Crippen molar-refractivity contribution < 1.29 is 23.2 Å². The molecule has 144 valence electrons. The summed E-state index contributed by atoms with van der Waals surface area (Å²) in [5, 5.41) is 20.7. The molecule has 2 rings (SSSR count). The van der Waals surface area contributed by atoms with Gasteiger partial charge in [0, 0.05) is 23.7 Å². The van der Waals surface area contributed by atoms with Gasteiger partial charge in [0.05, 0.1) is 15.7 Å². The lowest BCUT2D eigenvalue weighted by molar-refractivity contribution is -0.385. The van der Waals surface area contributed by atoms with Crippen LogP contribution in [0, 0.1) is 23.0 Å². The minimum atomic E-state index is -4.02. The lowest BCUT2D eigenvalue weighted by atomic mass is 10.00. The number of rotatable bonds is 8. The summed E-state index contributed by atoms with van der Waals surface area (Å²) >= 11 is 5.79. The molecule has 27 heavy (non-hydrogen) atoms. The number of non-ortho nitro benzene ring substituents is 1. The fraction of sp³-hybridized carbons (Fsp3) is 0.235. The summed E-state index contributed by atoms with van der Waals surface area (Å²) in [7, 11) is -4.02. The van der Waals surface area contributed by atoms with Crippen molar-refractivity contribution in [3.8, 4) is 0 Å². The molecule has 0 heterocycles. The van der Waals surface area contributed by atoms with E-state index in [4.69, 9.17) is 11.6 Å². The number of nitro groups is 1. The van der Waals surface area contributed by atoms with Crippen LogP contribution in [0.3, 0.4) is 0 Å². The van der Waals surface area contributed by atoms with Crippen LogP contribution >= 0.6 is 11.6 Å². The van der Waals surface area contributed by atoms with Crippen LogP contribution in [0.4, 0.5) is 5.69 Å². The molecule has 0 aliphatic carbocycles. The first-order chi connectivity index (χ1) is 12.6. The van der Waals surface area contributed by atoms with Gasteiger partial charge < -0.3 is 5.11 Å². The van der Waals surface area contributed by atoms with Crippen molar-refractivity contribution in [2.75, 3.05) is 6.54 Å². The van der Waals surface area contributed by atoms with Crippen molar-refractivity contribution in [1.29, 1.82) is 0 Å². The Morgan fingerprint density at radius 2 is 1.89 bits per heavy atom. The number of aryl methyl sites for hydroxylation is 1. The standard InChI is InChI=1S/C17H17ClN2O6S/c1-11-8-15(20(23)24)6-7-16(11)27(25,26)19-10-13(17(21)22)9-12-2-4-14(18)5-3-12/h2-8,13,19H,9-10H2,1H3,(H,21,22). The topological polar surface area (TPSA) is 127 Å². The van der Waals surface area contributed by atoms with Crippen molar-refractivity contribution in [3.05, 3.63) is 68.7 Å². The number of aliphatic carboxylic acids is 1. The molecule has 0 aromatic heterocycles. The third-order valence-electron chi connectivity index (χ3n) is 3.92. The molecule has 0 saturated carbocycles. The Morgan fingerprint density at radius 1 is 1.26 bits per heavy atom.